The van der Waals surface area contributed by atoms with Crippen LogP contribution < -0.4 is 15.1 Å². The van der Waals surface area contributed by atoms with Crippen LogP contribution in [0.2, 0.25) is 0 Å². The number of amides is 2. The van der Waals surface area contributed by atoms with E-state index in [2.05, 4.69) is 17.3 Å². The van der Waals surface area contributed by atoms with Crippen molar-refractivity contribution in [2.75, 3.05) is 49.6 Å². The van der Waals surface area contributed by atoms with Gasteiger partial charge in [-0.2, -0.15) is 0 Å². The molecular formula is C20H22F2N4O. The minimum absolute atomic E-state index is 0.170. The summed E-state index contributed by atoms with van der Waals surface area (Å²) in [5.41, 5.74) is 2.02. The summed E-state index contributed by atoms with van der Waals surface area (Å²) in [6, 6.07) is 10.3. The number of anilines is 3. The van der Waals surface area contributed by atoms with Gasteiger partial charge in [-0.25, -0.2) is 13.6 Å². The van der Waals surface area contributed by atoms with Crippen LogP contribution in [-0.4, -0.2) is 50.7 Å². The fourth-order valence-corrected chi connectivity index (χ4v) is 3.77. The highest BCUT2D eigenvalue weighted by Crippen LogP contribution is 2.38. The SMILES string of the molecule is CN1CC(CNC(=O)N2CCN(c3ccc(F)cc3)c3cc(F)ccc32)C1. The van der Waals surface area contributed by atoms with Crippen LogP contribution in [0.25, 0.3) is 0 Å². The molecule has 0 spiro atoms. The molecule has 5 nitrogen and oxygen atoms in total. The summed E-state index contributed by atoms with van der Waals surface area (Å²) in [4.78, 5) is 18.5. The molecule has 27 heavy (non-hydrogen) atoms. The first kappa shape index (κ1) is 17.7. The lowest BCUT2D eigenvalue weighted by Gasteiger charge is -2.39. The zero-order valence-electron chi connectivity index (χ0n) is 15.2. The van der Waals surface area contributed by atoms with Gasteiger partial charge in [-0.15, -0.1) is 0 Å². The van der Waals surface area contributed by atoms with Crippen molar-refractivity contribution in [3.8, 4) is 0 Å². The minimum Gasteiger partial charge on any atom is -0.338 e. The Bertz CT molecular complexity index is 836. The maximum Gasteiger partial charge on any atom is 0.322 e. The highest BCUT2D eigenvalue weighted by molar-refractivity contribution is 5.97. The second kappa shape index (κ2) is 7.15. The highest BCUT2D eigenvalue weighted by atomic mass is 19.1. The smallest absolute Gasteiger partial charge is 0.322 e. The van der Waals surface area contributed by atoms with Gasteiger partial charge in [0.25, 0.3) is 0 Å². The molecule has 2 aromatic carbocycles. The van der Waals surface area contributed by atoms with Gasteiger partial charge in [0, 0.05) is 44.3 Å². The summed E-state index contributed by atoms with van der Waals surface area (Å²) < 4.78 is 27.2. The first-order valence-electron chi connectivity index (χ1n) is 9.08. The molecule has 2 heterocycles. The van der Waals surface area contributed by atoms with E-state index in [1.165, 1.54) is 24.3 Å². The van der Waals surface area contributed by atoms with Crippen molar-refractivity contribution in [1.29, 1.82) is 0 Å². The quantitative estimate of drug-likeness (QED) is 0.899. The first-order valence-corrected chi connectivity index (χ1v) is 9.08. The molecule has 0 aliphatic carbocycles. The van der Waals surface area contributed by atoms with E-state index in [1.807, 2.05) is 4.90 Å². The van der Waals surface area contributed by atoms with Gasteiger partial charge in [0.1, 0.15) is 11.6 Å². The van der Waals surface area contributed by atoms with E-state index < -0.39 is 0 Å². The van der Waals surface area contributed by atoms with Crippen molar-refractivity contribution in [2.24, 2.45) is 5.92 Å². The summed E-state index contributed by atoms with van der Waals surface area (Å²) in [6.45, 7) is 3.58. The van der Waals surface area contributed by atoms with Crippen molar-refractivity contribution < 1.29 is 13.6 Å². The third-order valence-corrected chi connectivity index (χ3v) is 5.13. The number of carbonyl (C=O) groups is 1. The third kappa shape index (κ3) is 3.60. The molecule has 7 heteroatoms. The number of nitrogens with zero attached hydrogens (tertiary/aromatic N) is 3. The van der Waals surface area contributed by atoms with Gasteiger partial charge in [-0.1, -0.05) is 0 Å². The van der Waals surface area contributed by atoms with Crippen LogP contribution in [0.3, 0.4) is 0 Å². The highest BCUT2D eigenvalue weighted by Gasteiger charge is 2.29. The monoisotopic (exact) mass is 372 g/mol. The number of nitrogens with one attached hydrogen (secondary N) is 1. The Morgan fingerprint density at radius 2 is 1.74 bits per heavy atom. The largest absolute Gasteiger partial charge is 0.338 e. The Balaban J connectivity index is 1.55. The van der Waals surface area contributed by atoms with E-state index in [0.29, 0.717) is 36.9 Å². The van der Waals surface area contributed by atoms with E-state index in [1.54, 1.807) is 23.1 Å². The predicted octanol–water partition coefficient (Wildman–Crippen LogP) is 3.19. The predicted molar refractivity (Wildman–Crippen MR) is 102 cm³/mol. The first-order chi connectivity index (χ1) is 13.0. The van der Waals surface area contributed by atoms with Crippen LogP contribution in [0.4, 0.5) is 30.6 Å². The normalized spacial score (nSPS) is 17.4. The van der Waals surface area contributed by atoms with Gasteiger partial charge in [-0.05, 0) is 49.5 Å². The Hall–Kier alpha value is -2.67. The molecule has 1 fully saturated rings. The molecule has 142 valence electrons. The summed E-state index contributed by atoms with van der Waals surface area (Å²) >= 11 is 0. The molecule has 4 rings (SSSR count). The molecular weight excluding hydrogens is 350 g/mol. The average Bonchev–Trinajstić information content (AvgIpc) is 2.64. The second-order valence-electron chi connectivity index (χ2n) is 7.19. The number of likely N-dealkylation sites (tertiary alicyclic amines) is 1. The van der Waals surface area contributed by atoms with Crippen LogP contribution in [0, 0.1) is 17.6 Å². The molecule has 2 aliphatic rings. The van der Waals surface area contributed by atoms with Gasteiger partial charge in [-0.3, -0.25) is 4.90 Å². The van der Waals surface area contributed by atoms with Gasteiger partial charge in [0.05, 0.1) is 11.4 Å². The number of halogens is 2. The molecule has 1 saturated heterocycles. The number of urea groups is 1. The van der Waals surface area contributed by atoms with Crippen molar-refractivity contribution in [1.82, 2.24) is 10.2 Å². The molecule has 0 unspecified atom stereocenters. The van der Waals surface area contributed by atoms with E-state index in [0.717, 1.165) is 18.8 Å². The zero-order chi connectivity index (χ0) is 19.0. The van der Waals surface area contributed by atoms with Crippen LogP contribution in [0.1, 0.15) is 0 Å². The van der Waals surface area contributed by atoms with Crippen LogP contribution in [-0.2, 0) is 0 Å². The topological polar surface area (TPSA) is 38.8 Å². The summed E-state index contributed by atoms with van der Waals surface area (Å²) in [7, 11) is 2.05. The molecule has 2 aliphatic heterocycles. The lowest BCUT2D eigenvalue weighted by atomic mass is 10.0. The lowest BCUT2D eigenvalue weighted by molar-refractivity contribution is 0.134. The molecule has 1 N–H and O–H groups in total. The van der Waals surface area contributed by atoms with Crippen molar-refractivity contribution in [3.63, 3.8) is 0 Å². The van der Waals surface area contributed by atoms with E-state index in [-0.39, 0.29) is 17.7 Å². The van der Waals surface area contributed by atoms with Crippen LogP contribution >= 0.6 is 0 Å². The van der Waals surface area contributed by atoms with Gasteiger partial charge < -0.3 is 15.1 Å². The Labute approximate surface area is 157 Å². The summed E-state index contributed by atoms with van der Waals surface area (Å²) in [5, 5.41) is 2.99. The maximum atomic E-state index is 13.9. The average molecular weight is 372 g/mol. The number of carbonyl (C=O) groups excluding carboxylic acids is 1. The van der Waals surface area contributed by atoms with Crippen LogP contribution in [0.15, 0.2) is 42.5 Å². The number of hydrogen-bond donors (Lipinski definition) is 1. The second-order valence-corrected chi connectivity index (χ2v) is 7.19. The minimum atomic E-state index is -0.374. The number of fused-ring (bicyclic) bond motifs is 1. The Morgan fingerprint density at radius 1 is 1.04 bits per heavy atom. The molecule has 0 bridgehead atoms. The van der Waals surface area contributed by atoms with Gasteiger partial charge >= 0.3 is 6.03 Å². The number of hydrogen-bond acceptors (Lipinski definition) is 3. The Morgan fingerprint density at radius 3 is 2.44 bits per heavy atom. The summed E-state index contributed by atoms with van der Waals surface area (Å²) in [6.07, 6.45) is 0. The fourth-order valence-electron chi connectivity index (χ4n) is 3.77. The number of benzene rings is 2. The summed E-state index contributed by atoms with van der Waals surface area (Å²) in [5.74, 6) is -0.217. The van der Waals surface area contributed by atoms with Crippen molar-refractivity contribution in [2.45, 2.75) is 0 Å². The molecule has 2 aromatic rings. The number of rotatable bonds is 3. The van der Waals surface area contributed by atoms with E-state index in [4.69, 9.17) is 0 Å². The van der Waals surface area contributed by atoms with Crippen molar-refractivity contribution in [3.05, 3.63) is 54.1 Å². The molecule has 0 aromatic heterocycles. The van der Waals surface area contributed by atoms with E-state index in [9.17, 15) is 13.6 Å². The Kier molecular flexibility index (Phi) is 4.70. The van der Waals surface area contributed by atoms with E-state index >= 15 is 0 Å². The standard InChI is InChI=1S/C20H22F2N4O/c1-24-12-14(13-24)11-23-20(27)26-9-8-25(17-5-2-15(21)3-6-17)19-10-16(22)4-7-18(19)26/h2-7,10,14H,8-9,11-13H2,1H3,(H,23,27). The maximum absolute atomic E-state index is 13.9. The zero-order valence-corrected chi connectivity index (χ0v) is 15.2. The molecule has 0 radical (unpaired) electrons. The van der Waals surface area contributed by atoms with Gasteiger partial charge in [0.2, 0.25) is 0 Å². The molecule has 0 saturated carbocycles. The lowest BCUT2D eigenvalue weighted by Crippen LogP contribution is -2.52. The van der Waals surface area contributed by atoms with Crippen LogP contribution in [0.5, 0.6) is 0 Å². The fraction of sp³-hybridized carbons (Fsp3) is 0.350. The molecule has 0 atom stereocenters. The molecule has 2 amide bonds. The van der Waals surface area contributed by atoms with Gasteiger partial charge in [0.15, 0.2) is 0 Å². The third-order valence-electron chi connectivity index (χ3n) is 5.13. The van der Waals surface area contributed by atoms with Crippen molar-refractivity contribution >= 4 is 23.1 Å².